The maximum atomic E-state index is 11.1. The Morgan fingerprint density at radius 3 is 2.71 bits per heavy atom. The maximum absolute atomic E-state index is 11.1. The fraction of sp³-hybridized carbons (Fsp3) is 0.182. The van der Waals surface area contributed by atoms with Gasteiger partial charge < -0.3 is 4.74 Å². The van der Waals surface area contributed by atoms with E-state index in [1.807, 2.05) is 38.2 Å². The minimum atomic E-state index is -0.239. The molecule has 14 heavy (non-hydrogen) atoms. The number of rotatable bonds is 4. The molecule has 0 aromatic heterocycles. The molecule has 0 amide bonds. The van der Waals surface area contributed by atoms with Gasteiger partial charge in [-0.3, -0.25) is 4.79 Å². The van der Waals surface area contributed by atoms with Crippen LogP contribution in [0.3, 0.4) is 0 Å². The summed E-state index contributed by atoms with van der Waals surface area (Å²) in [5, 5.41) is 0. The zero-order valence-corrected chi connectivity index (χ0v) is 8.27. The average molecular weight is 188 g/mol. The smallest absolute Gasteiger partial charge is 0.310 e. The predicted octanol–water partition coefficient (Wildman–Crippen LogP) is 1.44. The lowest BCUT2D eigenvalue weighted by Gasteiger charge is -2.09. The van der Waals surface area contributed by atoms with Crippen LogP contribution >= 0.6 is 0 Å². The van der Waals surface area contributed by atoms with Crippen molar-refractivity contribution in [2.24, 2.45) is 0 Å². The van der Waals surface area contributed by atoms with Gasteiger partial charge in [0, 0.05) is 6.42 Å². The Labute approximate surface area is 85.0 Å². The molecule has 0 aliphatic heterocycles. The summed E-state index contributed by atoms with van der Waals surface area (Å²) in [5.74, 6) is -0.0556. The van der Waals surface area contributed by atoms with E-state index in [-0.39, 0.29) is 11.8 Å². The Morgan fingerprint density at radius 2 is 2.14 bits per heavy atom. The van der Waals surface area contributed by atoms with Crippen LogP contribution in [0.2, 0.25) is 0 Å². The minimum Gasteiger partial charge on any atom is -0.435 e. The molecule has 1 aromatic carbocycles. The van der Waals surface area contributed by atoms with Crippen molar-refractivity contribution in [2.75, 3.05) is 0 Å². The van der Waals surface area contributed by atoms with Gasteiger partial charge in [-0.25, -0.2) is 0 Å². The lowest BCUT2D eigenvalue weighted by molar-refractivity contribution is -0.138. The van der Waals surface area contributed by atoms with E-state index in [0.717, 1.165) is 5.56 Å². The van der Waals surface area contributed by atoms with Crippen molar-refractivity contribution in [3.8, 4) is 0 Å². The van der Waals surface area contributed by atoms with E-state index in [9.17, 15) is 4.79 Å². The molecule has 2 nitrogen and oxygen atoms in total. The van der Waals surface area contributed by atoms with Gasteiger partial charge in [-0.05, 0) is 5.82 Å². The van der Waals surface area contributed by atoms with E-state index >= 15 is 0 Å². The molecule has 0 fully saturated rings. The van der Waals surface area contributed by atoms with Gasteiger partial charge in [-0.2, -0.15) is 0 Å². The quantitative estimate of drug-likeness (QED) is 0.406. The van der Waals surface area contributed by atoms with Crippen molar-refractivity contribution >= 4 is 13.8 Å². The highest BCUT2D eigenvalue weighted by atomic mass is 16.5. The number of ether oxygens (including phenoxy) is 1. The first-order valence-electron chi connectivity index (χ1n) is 4.59. The van der Waals surface area contributed by atoms with Crippen molar-refractivity contribution < 1.29 is 9.53 Å². The van der Waals surface area contributed by atoms with E-state index < -0.39 is 0 Å². The molecule has 0 heterocycles. The third kappa shape index (κ3) is 3.09. The Kier molecular flexibility index (Phi) is 3.98. The van der Waals surface area contributed by atoms with Crippen LogP contribution in [0, 0.1) is 0 Å². The van der Waals surface area contributed by atoms with E-state index in [2.05, 4.69) is 11.3 Å². The van der Waals surface area contributed by atoms with Gasteiger partial charge in [-0.15, -0.1) is 0 Å². The normalized spacial score (nSPS) is 11.7. The van der Waals surface area contributed by atoms with Crippen LogP contribution < -0.4 is 0 Å². The van der Waals surface area contributed by atoms with Gasteiger partial charge in [0.2, 0.25) is 0 Å². The summed E-state index contributed by atoms with van der Waals surface area (Å²) in [6.07, 6.45) is 1.55. The van der Waals surface area contributed by atoms with Gasteiger partial charge in [0.15, 0.2) is 0 Å². The van der Waals surface area contributed by atoms with Crippen LogP contribution in [0.15, 0.2) is 43.2 Å². The number of benzene rings is 1. The molecule has 0 bridgehead atoms. The van der Waals surface area contributed by atoms with Crippen LogP contribution in [0.4, 0.5) is 0 Å². The van der Waals surface area contributed by atoms with E-state index in [1.54, 1.807) is 0 Å². The van der Waals surface area contributed by atoms with E-state index in [0.29, 0.717) is 6.42 Å². The molecule has 0 saturated carbocycles. The molecular weight excluding hydrogens is 175 g/mol. The second-order valence-corrected chi connectivity index (χ2v) is 3.17. The summed E-state index contributed by atoms with van der Waals surface area (Å²) in [6.45, 7) is 3.34. The number of carbonyl (C=O) groups excluding carboxylic acids is 1. The highest BCUT2D eigenvalue weighted by Crippen LogP contribution is 2.15. The summed E-state index contributed by atoms with van der Waals surface area (Å²) < 4.78 is 4.66. The van der Waals surface area contributed by atoms with Crippen molar-refractivity contribution in [1.29, 1.82) is 0 Å². The molecule has 72 valence electrons. The van der Waals surface area contributed by atoms with Crippen LogP contribution in [0.1, 0.15) is 17.8 Å². The molecule has 1 aromatic rings. The first-order valence-corrected chi connectivity index (χ1v) is 4.59. The third-order valence-corrected chi connectivity index (χ3v) is 2.06. The largest absolute Gasteiger partial charge is 0.435 e. The zero-order valence-electron chi connectivity index (χ0n) is 8.27. The molecule has 0 saturated heterocycles. The van der Waals surface area contributed by atoms with Crippen molar-refractivity contribution in [2.45, 2.75) is 12.2 Å². The minimum absolute atomic E-state index is 0.184. The number of hydrogen-bond acceptors (Lipinski definition) is 2. The van der Waals surface area contributed by atoms with Gasteiger partial charge in [0.05, 0.1) is 6.26 Å². The Hall–Kier alpha value is -1.51. The SMILES string of the molecule is BC(CC(=O)OC=C)c1ccccc1. The van der Waals surface area contributed by atoms with Gasteiger partial charge >= 0.3 is 5.97 Å². The summed E-state index contributed by atoms with van der Waals surface area (Å²) >= 11 is 0. The van der Waals surface area contributed by atoms with E-state index in [1.165, 1.54) is 6.26 Å². The van der Waals surface area contributed by atoms with Gasteiger partial charge in [0.25, 0.3) is 0 Å². The molecular formula is C11H13BO2. The van der Waals surface area contributed by atoms with Crippen LogP contribution in [-0.4, -0.2) is 13.8 Å². The van der Waals surface area contributed by atoms with Crippen molar-refractivity contribution in [3.63, 3.8) is 0 Å². The Morgan fingerprint density at radius 1 is 1.50 bits per heavy atom. The predicted molar refractivity (Wildman–Crippen MR) is 58.6 cm³/mol. The monoisotopic (exact) mass is 188 g/mol. The standard InChI is InChI=1S/C11H13BO2/c1-2-14-11(13)8-10(12)9-6-4-3-5-7-9/h2-7,10H,1,8,12H2. The van der Waals surface area contributed by atoms with Gasteiger partial charge in [0.1, 0.15) is 7.85 Å². The Balaban J connectivity index is 2.54. The highest BCUT2D eigenvalue weighted by Gasteiger charge is 2.10. The van der Waals surface area contributed by atoms with Crippen LogP contribution in [0.25, 0.3) is 0 Å². The first-order chi connectivity index (χ1) is 6.74. The third-order valence-electron chi connectivity index (χ3n) is 2.06. The fourth-order valence-electron chi connectivity index (χ4n) is 1.29. The van der Waals surface area contributed by atoms with Crippen LogP contribution in [0.5, 0.6) is 0 Å². The maximum Gasteiger partial charge on any atom is 0.310 e. The lowest BCUT2D eigenvalue weighted by atomic mass is 9.79. The molecule has 1 rings (SSSR count). The molecule has 0 aliphatic rings. The number of carbonyl (C=O) groups is 1. The summed E-state index contributed by atoms with van der Waals surface area (Å²) in [6, 6.07) is 9.89. The molecule has 1 unspecified atom stereocenters. The fourth-order valence-corrected chi connectivity index (χ4v) is 1.29. The molecule has 0 spiro atoms. The van der Waals surface area contributed by atoms with E-state index in [4.69, 9.17) is 0 Å². The lowest BCUT2D eigenvalue weighted by Crippen LogP contribution is -2.07. The van der Waals surface area contributed by atoms with Crippen LogP contribution in [-0.2, 0) is 9.53 Å². The number of esters is 1. The molecule has 0 aliphatic carbocycles. The second-order valence-electron chi connectivity index (χ2n) is 3.17. The van der Waals surface area contributed by atoms with Crippen molar-refractivity contribution in [3.05, 3.63) is 48.7 Å². The summed E-state index contributed by atoms with van der Waals surface area (Å²) in [5.41, 5.74) is 1.15. The summed E-state index contributed by atoms with van der Waals surface area (Å²) in [4.78, 5) is 11.1. The second kappa shape index (κ2) is 5.27. The zero-order chi connectivity index (χ0) is 10.4. The molecule has 3 heteroatoms. The summed E-state index contributed by atoms with van der Waals surface area (Å²) in [7, 11) is 2.00. The molecule has 1 atom stereocenters. The molecule has 0 N–H and O–H groups in total. The number of hydrogen-bond donors (Lipinski definition) is 0. The van der Waals surface area contributed by atoms with Crippen molar-refractivity contribution in [1.82, 2.24) is 0 Å². The van der Waals surface area contributed by atoms with Gasteiger partial charge in [-0.1, -0.05) is 42.5 Å². The first kappa shape index (κ1) is 10.6. The highest BCUT2D eigenvalue weighted by molar-refractivity contribution is 6.13. The molecule has 0 radical (unpaired) electrons. The average Bonchev–Trinajstić information content (AvgIpc) is 2.19. The topological polar surface area (TPSA) is 26.3 Å². The Bertz CT molecular complexity index is 308.